The second-order valence-corrected chi connectivity index (χ2v) is 26.3. The predicted molar refractivity (Wildman–Crippen MR) is 168 cm³/mol. The third-order valence-electron chi connectivity index (χ3n) is 7.86. The third-order valence-corrected chi connectivity index (χ3v) is 19.5. The van der Waals surface area contributed by atoms with Crippen LogP contribution in [0.2, 0.25) is 36.3 Å². The van der Waals surface area contributed by atoms with Crippen LogP contribution in [-0.4, -0.2) is 40.6 Å². The molecule has 0 fully saturated rings. The van der Waals surface area contributed by atoms with E-state index in [2.05, 4.69) is 106 Å². The Hall–Kier alpha value is -0.256. The zero-order valence-electron chi connectivity index (χ0n) is 25.5. The monoisotopic (exact) mass is 571 g/mol. The molecule has 0 saturated carbocycles. The van der Waals surface area contributed by atoms with E-state index >= 15 is 0 Å². The first-order valence-corrected chi connectivity index (χ1v) is 21.4. The van der Waals surface area contributed by atoms with Crippen LogP contribution < -0.4 is 4.90 Å². The summed E-state index contributed by atoms with van der Waals surface area (Å²) in [6.45, 7) is 28.2. The molecule has 0 aliphatic rings. The van der Waals surface area contributed by atoms with E-state index in [9.17, 15) is 4.79 Å². The number of anilines is 1. The average Bonchev–Trinajstić information content (AvgIpc) is 2.72. The van der Waals surface area contributed by atoms with Gasteiger partial charge in [-0.05, 0) is 86.0 Å². The quantitative estimate of drug-likeness (QED) is 0.185. The van der Waals surface area contributed by atoms with Gasteiger partial charge in [0.25, 0.3) is 0 Å². The van der Waals surface area contributed by atoms with E-state index in [-0.39, 0.29) is 20.7 Å². The third kappa shape index (κ3) is 10.1. The number of carbonyl (C=O) groups excluding carboxylic acids is 1. The van der Waals surface area contributed by atoms with Gasteiger partial charge >= 0.3 is 0 Å². The van der Waals surface area contributed by atoms with E-state index in [1.807, 2.05) is 22.7 Å². The van der Waals surface area contributed by atoms with Crippen molar-refractivity contribution in [3.05, 3.63) is 29.3 Å². The SMILES string of the molecule is CSSC(C)(C)CCC(=O)N(C)c1cc(CO[Si](C)(C)C(C)(C)C)cc(CO[Si](C)(C)C(C)(C)C)c1. The lowest BCUT2D eigenvalue weighted by molar-refractivity contribution is -0.118. The summed E-state index contributed by atoms with van der Waals surface area (Å²) in [5.41, 5.74) is 3.12. The molecule has 0 saturated heterocycles. The van der Waals surface area contributed by atoms with Crippen molar-refractivity contribution < 1.29 is 13.6 Å². The fraction of sp³-hybridized carbons (Fsp3) is 0.750. The van der Waals surface area contributed by atoms with Crippen molar-refractivity contribution in [2.75, 3.05) is 18.2 Å². The molecule has 0 aromatic heterocycles. The minimum Gasteiger partial charge on any atom is -0.413 e. The van der Waals surface area contributed by atoms with Crippen LogP contribution in [0.1, 0.15) is 79.4 Å². The molecule has 4 nitrogen and oxygen atoms in total. The van der Waals surface area contributed by atoms with E-state index in [0.29, 0.717) is 19.6 Å². The molecule has 1 rings (SSSR count). The van der Waals surface area contributed by atoms with Crippen LogP contribution in [0.5, 0.6) is 0 Å². The molecule has 0 heterocycles. The summed E-state index contributed by atoms with van der Waals surface area (Å²) in [7, 11) is 1.69. The Morgan fingerprint density at radius 2 is 1.25 bits per heavy atom. The number of rotatable bonds is 12. The standard InChI is InChI=1S/C28H53NO3S2Si2/c1-26(2,3)35(11,12)31-20-22-17-23(21-32-36(13,14)27(4,5)6)19-24(18-22)29(9)25(30)15-16-28(7,8)34-33-10/h17-19H,15-16,20-21H2,1-14H3. The van der Waals surface area contributed by atoms with Crippen LogP contribution in [0.4, 0.5) is 5.69 Å². The second-order valence-electron chi connectivity index (χ2n) is 13.6. The van der Waals surface area contributed by atoms with Crippen molar-refractivity contribution in [1.82, 2.24) is 0 Å². The highest BCUT2D eigenvalue weighted by Crippen LogP contribution is 2.39. The fourth-order valence-corrected chi connectivity index (χ4v) is 7.21. The predicted octanol–water partition coefficient (Wildman–Crippen LogP) is 9.26. The van der Waals surface area contributed by atoms with E-state index in [4.69, 9.17) is 8.85 Å². The first kappa shape index (κ1) is 33.8. The van der Waals surface area contributed by atoms with Crippen LogP contribution in [0.3, 0.4) is 0 Å². The first-order valence-electron chi connectivity index (χ1n) is 13.0. The van der Waals surface area contributed by atoms with E-state index < -0.39 is 16.6 Å². The topological polar surface area (TPSA) is 38.8 Å². The van der Waals surface area contributed by atoms with Crippen molar-refractivity contribution in [1.29, 1.82) is 0 Å². The van der Waals surface area contributed by atoms with Crippen LogP contribution >= 0.6 is 21.6 Å². The van der Waals surface area contributed by atoms with Crippen molar-refractivity contribution in [2.24, 2.45) is 0 Å². The molecule has 0 bridgehead atoms. The fourth-order valence-electron chi connectivity index (χ4n) is 3.05. The Labute approximate surface area is 232 Å². The van der Waals surface area contributed by atoms with Crippen LogP contribution in [0.15, 0.2) is 18.2 Å². The number of hydrogen-bond donors (Lipinski definition) is 0. The Bertz CT molecular complexity index is 826. The van der Waals surface area contributed by atoms with Crippen LogP contribution in [-0.2, 0) is 26.9 Å². The molecule has 0 unspecified atom stereocenters. The number of carbonyl (C=O) groups is 1. The minimum absolute atomic E-state index is 0.0664. The Kier molecular flexibility index (Phi) is 11.9. The van der Waals surface area contributed by atoms with Crippen molar-refractivity contribution in [3.8, 4) is 0 Å². The Morgan fingerprint density at radius 1 is 0.833 bits per heavy atom. The molecule has 1 aromatic rings. The molecule has 36 heavy (non-hydrogen) atoms. The Balaban J connectivity index is 3.21. The molecular formula is C28H53NO3S2Si2. The Morgan fingerprint density at radius 3 is 1.61 bits per heavy atom. The lowest BCUT2D eigenvalue weighted by Crippen LogP contribution is -2.40. The maximum atomic E-state index is 13.2. The molecule has 1 aromatic carbocycles. The second kappa shape index (κ2) is 12.7. The molecule has 0 aliphatic carbocycles. The van der Waals surface area contributed by atoms with Gasteiger partial charge in [0.05, 0.1) is 13.2 Å². The molecule has 208 valence electrons. The summed E-state index contributed by atoms with van der Waals surface area (Å²) >= 11 is 0. The van der Waals surface area contributed by atoms with Crippen molar-refractivity contribution in [2.45, 2.75) is 122 Å². The summed E-state index contributed by atoms with van der Waals surface area (Å²) in [6, 6.07) is 6.42. The number of nitrogens with zero attached hydrogens (tertiary/aromatic N) is 1. The molecule has 0 radical (unpaired) electrons. The summed E-state index contributed by atoms with van der Waals surface area (Å²) in [5.74, 6) is 0.142. The molecule has 0 spiro atoms. The van der Waals surface area contributed by atoms with Gasteiger partial charge in [0, 0.05) is 23.9 Å². The van der Waals surface area contributed by atoms with E-state index in [0.717, 1.165) is 23.2 Å². The maximum absolute atomic E-state index is 13.2. The molecule has 1 amide bonds. The first-order chi connectivity index (χ1) is 16.1. The highest BCUT2D eigenvalue weighted by Gasteiger charge is 2.38. The molecular weight excluding hydrogens is 519 g/mol. The molecule has 8 heteroatoms. The number of amides is 1. The van der Waals surface area contributed by atoms with Gasteiger partial charge in [0.15, 0.2) is 16.6 Å². The summed E-state index contributed by atoms with van der Waals surface area (Å²) in [5, 5.41) is 0.292. The number of hydrogen-bond acceptors (Lipinski definition) is 5. The zero-order chi connectivity index (χ0) is 28.2. The van der Waals surface area contributed by atoms with Crippen LogP contribution in [0, 0.1) is 0 Å². The van der Waals surface area contributed by atoms with Gasteiger partial charge in [-0.3, -0.25) is 4.79 Å². The summed E-state index contributed by atoms with van der Waals surface area (Å²) in [6.07, 6.45) is 3.46. The lowest BCUT2D eigenvalue weighted by Gasteiger charge is -2.36. The lowest BCUT2D eigenvalue weighted by atomic mass is 10.1. The van der Waals surface area contributed by atoms with Gasteiger partial charge in [-0.15, -0.1) is 0 Å². The minimum atomic E-state index is -1.90. The molecule has 0 atom stereocenters. The highest BCUT2D eigenvalue weighted by atomic mass is 33.1. The summed E-state index contributed by atoms with van der Waals surface area (Å²) < 4.78 is 13.2. The van der Waals surface area contributed by atoms with Gasteiger partial charge in [-0.1, -0.05) is 69.2 Å². The van der Waals surface area contributed by atoms with Crippen LogP contribution in [0.25, 0.3) is 0 Å². The highest BCUT2D eigenvalue weighted by molar-refractivity contribution is 8.76. The van der Waals surface area contributed by atoms with Crippen molar-refractivity contribution >= 4 is 49.8 Å². The summed E-state index contributed by atoms with van der Waals surface area (Å²) in [4.78, 5) is 15.0. The van der Waals surface area contributed by atoms with Gasteiger partial charge in [-0.2, -0.15) is 0 Å². The molecule has 0 aliphatic heterocycles. The smallest absolute Gasteiger partial charge is 0.226 e. The largest absolute Gasteiger partial charge is 0.413 e. The van der Waals surface area contributed by atoms with Gasteiger partial charge < -0.3 is 13.8 Å². The van der Waals surface area contributed by atoms with Gasteiger partial charge in [-0.25, -0.2) is 0 Å². The van der Waals surface area contributed by atoms with E-state index in [1.165, 1.54) is 0 Å². The average molecular weight is 572 g/mol. The van der Waals surface area contributed by atoms with Gasteiger partial charge in [0.1, 0.15) is 0 Å². The van der Waals surface area contributed by atoms with E-state index in [1.54, 1.807) is 10.8 Å². The number of benzene rings is 1. The van der Waals surface area contributed by atoms with Gasteiger partial charge in [0.2, 0.25) is 5.91 Å². The maximum Gasteiger partial charge on any atom is 0.226 e. The normalized spacial score (nSPS) is 13.7. The molecule has 0 N–H and O–H groups in total. The van der Waals surface area contributed by atoms with Crippen molar-refractivity contribution in [3.63, 3.8) is 0 Å². The zero-order valence-corrected chi connectivity index (χ0v) is 29.2.